The van der Waals surface area contributed by atoms with Crippen LogP contribution in [0.4, 0.5) is 19.0 Å². The highest BCUT2D eigenvalue weighted by Crippen LogP contribution is 2.39. The Morgan fingerprint density at radius 1 is 1.14 bits per heavy atom. The van der Waals surface area contributed by atoms with Gasteiger partial charge in [0, 0.05) is 24.3 Å². The van der Waals surface area contributed by atoms with Gasteiger partial charge in [-0.1, -0.05) is 11.6 Å². The molecule has 0 spiro atoms. The molecular weight excluding hydrogens is 485 g/mol. The first kappa shape index (κ1) is 25.1. The van der Waals surface area contributed by atoms with Crippen molar-refractivity contribution >= 4 is 29.2 Å². The minimum atomic E-state index is -4.53. The second kappa shape index (κ2) is 9.22. The number of halogens is 4. The number of nitrogens with one attached hydrogen (secondary N) is 1. The Morgan fingerprint density at radius 3 is 2.31 bits per heavy atom. The maximum Gasteiger partial charge on any atom is 0.416 e. The topological polar surface area (TPSA) is 97.5 Å². The third kappa shape index (κ3) is 5.32. The molecule has 2 aromatic rings. The smallest absolute Gasteiger partial charge is 0.416 e. The summed E-state index contributed by atoms with van der Waals surface area (Å²) in [6.07, 6.45) is 0.270. The summed E-state index contributed by atoms with van der Waals surface area (Å²) in [5.74, 6) is -0.140. The lowest BCUT2D eigenvalue weighted by molar-refractivity contribution is -0.138. The normalized spacial score (nSPS) is 22.1. The first-order valence-corrected chi connectivity index (χ1v) is 11.6. The van der Waals surface area contributed by atoms with Crippen LogP contribution in [0.2, 0.25) is 5.02 Å². The van der Waals surface area contributed by atoms with Gasteiger partial charge in [-0.3, -0.25) is 9.59 Å². The molecule has 0 radical (unpaired) electrons. The summed E-state index contributed by atoms with van der Waals surface area (Å²) in [6.45, 7) is 3.09. The van der Waals surface area contributed by atoms with Gasteiger partial charge in [0.05, 0.1) is 16.1 Å². The molecule has 2 amide bonds. The standard InChI is InChI=1S/C24H26ClF3N4O3/c1-23(2,35-19-7-4-14(9-18(19)25)24(26,27)28)22(34)31-15-10-16-5-6-17(11-15)32(16)20-8-3-13(12-30-20)21(29)33/h3-4,7-9,12,15-17H,5-6,10-11H2,1-2H3,(H2,29,33)(H,31,34)/t15-,16+,17-. The third-order valence-electron chi connectivity index (χ3n) is 6.54. The summed E-state index contributed by atoms with van der Waals surface area (Å²) in [5, 5.41) is 2.82. The summed E-state index contributed by atoms with van der Waals surface area (Å²) < 4.78 is 44.4. The Hall–Kier alpha value is -3.01. The average Bonchev–Trinajstić information content (AvgIpc) is 3.04. The number of carbonyl (C=O) groups is 2. The first-order valence-electron chi connectivity index (χ1n) is 11.3. The van der Waals surface area contributed by atoms with Gasteiger partial charge >= 0.3 is 6.18 Å². The van der Waals surface area contributed by atoms with Crippen LogP contribution in [0.5, 0.6) is 5.75 Å². The number of fused-ring (bicyclic) bond motifs is 2. The highest BCUT2D eigenvalue weighted by molar-refractivity contribution is 6.32. The van der Waals surface area contributed by atoms with Crippen molar-refractivity contribution in [2.75, 3.05) is 4.90 Å². The molecule has 2 fully saturated rings. The number of anilines is 1. The number of aromatic nitrogens is 1. The SMILES string of the molecule is CC(C)(Oc1ccc(C(F)(F)F)cc1Cl)C(=O)N[C@H]1C[C@H]2CC[C@@H](C1)N2c1ccc(C(N)=O)cn1. The average molecular weight is 511 g/mol. The number of ether oxygens (including phenoxy) is 1. The van der Waals surface area contributed by atoms with Crippen molar-refractivity contribution in [3.8, 4) is 5.75 Å². The Morgan fingerprint density at radius 2 is 1.80 bits per heavy atom. The molecule has 2 aliphatic rings. The maximum atomic E-state index is 13.0. The van der Waals surface area contributed by atoms with Gasteiger partial charge < -0.3 is 20.7 Å². The van der Waals surface area contributed by atoms with E-state index in [2.05, 4.69) is 15.2 Å². The molecule has 2 bridgehead atoms. The summed E-state index contributed by atoms with van der Waals surface area (Å²) in [4.78, 5) is 31.0. The second-order valence-corrected chi connectivity index (χ2v) is 9.87. The predicted molar refractivity (Wildman–Crippen MR) is 124 cm³/mol. The van der Waals surface area contributed by atoms with E-state index in [9.17, 15) is 22.8 Å². The maximum absolute atomic E-state index is 13.0. The predicted octanol–water partition coefficient (Wildman–Crippen LogP) is 4.33. The molecule has 3 atom stereocenters. The van der Waals surface area contributed by atoms with Crippen LogP contribution in [-0.2, 0) is 11.0 Å². The number of amides is 2. The van der Waals surface area contributed by atoms with Crippen LogP contribution in [-0.4, -0.2) is 40.5 Å². The molecule has 3 heterocycles. The van der Waals surface area contributed by atoms with Gasteiger partial charge in [-0.15, -0.1) is 0 Å². The Bertz CT molecular complexity index is 1110. The molecule has 11 heteroatoms. The van der Waals surface area contributed by atoms with Crippen LogP contribution in [0.3, 0.4) is 0 Å². The zero-order valence-corrected chi connectivity index (χ0v) is 20.0. The zero-order chi connectivity index (χ0) is 25.5. The number of nitrogens with zero attached hydrogens (tertiary/aromatic N) is 2. The lowest BCUT2D eigenvalue weighted by Gasteiger charge is -2.40. The summed E-state index contributed by atoms with van der Waals surface area (Å²) >= 11 is 5.99. The van der Waals surface area contributed by atoms with Gasteiger partial charge in [0.15, 0.2) is 5.60 Å². The monoisotopic (exact) mass is 510 g/mol. The second-order valence-electron chi connectivity index (χ2n) is 9.46. The fourth-order valence-corrected chi connectivity index (χ4v) is 5.01. The highest BCUT2D eigenvalue weighted by Gasteiger charge is 2.43. The van der Waals surface area contributed by atoms with E-state index in [0.29, 0.717) is 18.4 Å². The first-order chi connectivity index (χ1) is 16.3. The molecule has 0 aliphatic carbocycles. The van der Waals surface area contributed by atoms with Gasteiger partial charge in [-0.25, -0.2) is 4.98 Å². The van der Waals surface area contributed by atoms with Crippen LogP contribution in [0.25, 0.3) is 0 Å². The molecule has 0 unspecified atom stereocenters. The van der Waals surface area contributed by atoms with E-state index in [1.54, 1.807) is 26.0 Å². The summed E-state index contributed by atoms with van der Waals surface area (Å²) in [7, 11) is 0. The van der Waals surface area contributed by atoms with Crippen molar-refractivity contribution in [2.45, 2.75) is 69.4 Å². The van der Waals surface area contributed by atoms with Crippen LogP contribution < -0.4 is 20.7 Å². The number of hydrogen-bond donors (Lipinski definition) is 2. The molecule has 2 aliphatic heterocycles. The molecule has 1 aromatic carbocycles. The third-order valence-corrected chi connectivity index (χ3v) is 6.83. The van der Waals surface area contributed by atoms with E-state index in [1.807, 2.05) is 0 Å². The van der Waals surface area contributed by atoms with E-state index in [-0.39, 0.29) is 34.8 Å². The van der Waals surface area contributed by atoms with Crippen molar-refractivity contribution < 1.29 is 27.5 Å². The minimum absolute atomic E-state index is 0.000174. The lowest BCUT2D eigenvalue weighted by Crippen LogP contribution is -2.55. The molecule has 35 heavy (non-hydrogen) atoms. The number of alkyl halides is 3. The molecule has 7 nitrogen and oxygen atoms in total. The number of pyridine rings is 1. The van der Waals surface area contributed by atoms with Crippen LogP contribution in [0, 0.1) is 0 Å². The largest absolute Gasteiger partial charge is 0.476 e. The van der Waals surface area contributed by atoms with Gasteiger partial charge in [-0.05, 0) is 69.9 Å². The molecule has 1 aromatic heterocycles. The van der Waals surface area contributed by atoms with Crippen molar-refractivity contribution in [3.05, 3.63) is 52.7 Å². The molecular formula is C24H26ClF3N4O3. The van der Waals surface area contributed by atoms with Gasteiger partial charge in [0.2, 0.25) is 5.91 Å². The van der Waals surface area contributed by atoms with Gasteiger partial charge in [0.25, 0.3) is 5.91 Å². The number of piperidine rings is 1. The molecule has 0 saturated carbocycles. The summed E-state index contributed by atoms with van der Waals surface area (Å²) in [5.41, 5.74) is 3.39. The quantitative estimate of drug-likeness (QED) is 0.603. The molecule has 2 saturated heterocycles. The van der Waals surface area contributed by atoms with Crippen molar-refractivity contribution in [1.82, 2.24) is 10.3 Å². The number of primary amides is 1. The van der Waals surface area contributed by atoms with Crippen molar-refractivity contribution in [3.63, 3.8) is 0 Å². The zero-order valence-electron chi connectivity index (χ0n) is 19.2. The Labute approximate surface area is 205 Å². The van der Waals surface area contributed by atoms with E-state index in [1.165, 1.54) is 6.20 Å². The fourth-order valence-electron chi connectivity index (χ4n) is 4.79. The molecule has 3 N–H and O–H groups in total. The highest BCUT2D eigenvalue weighted by atomic mass is 35.5. The lowest BCUT2D eigenvalue weighted by atomic mass is 9.96. The number of carbonyl (C=O) groups excluding carboxylic acids is 2. The number of hydrogen-bond acceptors (Lipinski definition) is 5. The number of nitrogens with two attached hydrogens (primary N) is 1. The fraction of sp³-hybridized carbons (Fsp3) is 0.458. The van der Waals surface area contributed by atoms with E-state index in [4.69, 9.17) is 22.1 Å². The van der Waals surface area contributed by atoms with E-state index >= 15 is 0 Å². The Balaban J connectivity index is 1.39. The van der Waals surface area contributed by atoms with Gasteiger partial charge in [0.1, 0.15) is 11.6 Å². The van der Waals surface area contributed by atoms with Crippen molar-refractivity contribution in [1.29, 1.82) is 0 Å². The number of rotatable bonds is 6. The van der Waals surface area contributed by atoms with E-state index < -0.39 is 23.2 Å². The van der Waals surface area contributed by atoms with Crippen LogP contribution >= 0.6 is 11.6 Å². The molecule has 4 rings (SSSR count). The van der Waals surface area contributed by atoms with Crippen LogP contribution in [0.1, 0.15) is 55.5 Å². The van der Waals surface area contributed by atoms with Gasteiger partial charge in [-0.2, -0.15) is 13.2 Å². The van der Waals surface area contributed by atoms with E-state index in [0.717, 1.165) is 36.9 Å². The van der Waals surface area contributed by atoms with Crippen molar-refractivity contribution in [2.24, 2.45) is 5.73 Å². The Kier molecular flexibility index (Phi) is 6.61. The molecule has 188 valence electrons. The minimum Gasteiger partial charge on any atom is -0.476 e. The summed E-state index contributed by atoms with van der Waals surface area (Å²) in [6, 6.07) is 6.48. The van der Waals surface area contributed by atoms with Crippen LogP contribution in [0.15, 0.2) is 36.5 Å². The number of benzene rings is 1.